The normalized spacial score (nSPS) is 18.9. The Morgan fingerprint density at radius 1 is 1.24 bits per heavy atom. The van der Waals surface area contributed by atoms with Crippen LogP contribution >= 0.6 is 0 Å². The summed E-state index contributed by atoms with van der Waals surface area (Å²) in [6.07, 6.45) is 5.58. The zero-order valence-electron chi connectivity index (χ0n) is 12.6. The van der Waals surface area contributed by atoms with Crippen molar-refractivity contribution in [2.75, 3.05) is 19.9 Å². The molecule has 1 aromatic rings. The lowest BCUT2D eigenvalue weighted by Crippen LogP contribution is -2.39. The lowest BCUT2D eigenvalue weighted by molar-refractivity contribution is 0.0835. The first-order valence-electron chi connectivity index (χ1n) is 7.97. The van der Waals surface area contributed by atoms with Crippen molar-refractivity contribution in [3.8, 4) is 11.5 Å². The van der Waals surface area contributed by atoms with Crippen molar-refractivity contribution >= 4 is 5.78 Å². The highest BCUT2D eigenvalue weighted by molar-refractivity contribution is 6.00. The van der Waals surface area contributed by atoms with E-state index in [4.69, 9.17) is 9.47 Å². The van der Waals surface area contributed by atoms with E-state index in [1.807, 2.05) is 18.2 Å². The molecule has 0 radical (unpaired) electrons. The highest BCUT2D eigenvalue weighted by atomic mass is 16.7. The Hall–Kier alpha value is -1.55. The predicted molar refractivity (Wildman–Crippen MR) is 81.0 cm³/mol. The minimum absolute atomic E-state index is 0.0211. The van der Waals surface area contributed by atoms with Gasteiger partial charge in [0, 0.05) is 5.56 Å². The monoisotopic (exact) mass is 289 g/mol. The molecule has 2 aliphatic rings. The largest absolute Gasteiger partial charge is 0.454 e. The van der Waals surface area contributed by atoms with Crippen LogP contribution in [0.15, 0.2) is 18.2 Å². The molecule has 0 aliphatic carbocycles. The van der Waals surface area contributed by atoms with Gasteiger partial charge in [-0.05, 0) is 50.6 Å². The van der Waals surface area contributed by atoms with Crippen LogP contribution in [0.4, 0.5) is 0 Å². The molecule has 0 spiro atoms. The standard InChI is InChI=1S/C17H23NO3/c1-2-3-6-14(18-9-4-5-10-18)17(19)13-7-8-15-16(11-13)21-12-20-15/h7-8,11,14H,2-6,9-10,12H2,1H3/t14-/m0/s1. The van der Waals surface area contributed by atoms with E-state index in [-0.39, 0.29) is 18.6 Å². The summed E-state index contributed by atoms with van der Waals surface area (Å²) in [6, 6.07) is 5.56. The van der Waals surface area contributed by atoms with Crippen LogP contribution in [-0.4, -0.2) is 36.6 Å². The number of ketones is 1. The van der Waals surface area contributed by atoms with Gasteiger partial charge in [-0.25, -0.2) is 0 Å². The second-order valence-corrected chi connectivity index (χ2v) is 5.83. The van der Waals surface area contributed by atoms with Gasteiger partial charge < -0.3 is 9.47 Å². The maximum atomic E-state index is 12.9. The number of rotatable bonds is 6. The maximum Gasteiger partial charge on any atom is 0.231 e. The van der Waals surface area contributed by atoms with Gasteiger partial charge in [-0.3, -0.25) is 9.69 Å². The Kier molecular flexibility index (Phi) is 4.44. The average Bonchev–Trinajstić information content (AvgIpc) is 3.18. The first-order chi connectivity index (χ1) is 10.3. The van der Waals surface area contributed by atoms with Crippen LogP contribution in [0.25, 0.3) is 0 Å². The van der Waals surface area contributed by atoms with Crippen molar-refractivity contribution < 1.29 is 14.3 Å². The fourth-order valence-electron chi connectivity index (χ4n) is 3.17. The van der Waals surface area contributed by atoms with Gasteiger partial charge in [0.2, 0.25) is 6.79 Å². The Bertz CT molecular complexity index is 509. The molecule has 1 fully saturated rings. The SMILES string of the molecule is CCCC[C@@H](C(=O)c1ccc2c(c1)OCO2)N1CCCC1. The molecule has 4 heteroatoms. The minimum atomic E-state index is 0.0211. The molecule has 3 rings (SSSR count). The first kappa shape index (κ1) is 14.4. The van der Waals surface area contributed by atoms with Crippen molar-refractivity contribution in [1.29, 1.82) is 0 Å². The van der Waals surface area contributed by atoms with Crippen LogP contribution in [0.2, 0.25) is 0 Å². The van der Waals surface area contributed by atoms with E-state index in [2.05, 4.69) is 11.8 Å². The second-order valence-electron chi connectivity index (χ2n) is 5.83. The van der Waals surface area contributed by atoms with Crippen molar-refractivity contribution in [3.63, 3.8) is 0 Å². The molecule has 2 aliphatic heterocycles. The molecule has 0 unspecified atom stereocenters. The Morgan fingerprint density at radius 2 is 2.00 bits per heavy atom. The summed E-state index contributed by atoms with van der Waals surface area (Å²) >= 11 is 0. The smallest absolute Gasteiger partial charge is 0.231 e. The van der Waals surface area contributed by atoms with E-state index < -0.39 is 0 Å². The van der Waals surface area contributed by atoms with Crippen LogP contribution in [0.3, 0.4) is 0 Å². The predicted octanol–water partition coefficient (Wildman–Crippen LogP) is 3.25. The van der Waals surface area contributed by atoms with E-state index in [9.17, 15) is 4.79 Å². The third-order valence-electron chi connectivity index (χ3n) is 4.37. The zero-order chi connectivity index (χ0) is 14.7. The molecule has 0 N–H and O–H groups in total. The van der Waals surface area contributed by atoms with E-state index in [0.717, 1.165) is 43.7 Å². The number of benzene rings is 1. The molecule has 1 atom stereocenters. The van der Waals surface area contributed by atoms with Crippen molar-refractivity contribution in [3.05, 3.63) is 23.8 Å². The molecule has 114 valence electrons. The number of hydrogen-bond donors (Lipinski definition) is 0. The Labute approximate surface area is 126 Å². The van der Waals surface area contributed by atoms with Crippen molar-refractivity contribution in [2.24, 2.45) is 0 Å². The molecule has 0 saturated carbocycles. The topological polar surface area (TPSA) is 38.8 Å². The van der Waals surface area contributed by atoms with Crippen LogP contribution in [0, 0.1) is 0 Å². The lowest BCUT2D eigenvalue weighted by Gasteiger charge is -2.26. The van der Waals surface area contributed by atoms with Crippen molar-refractivity contribution in [1.82, 2.24) is 4.90 Å². The second kappa shape index (κ2) is 6.48. The van der Waals surface area contributed by atoms with Crippen LogP contribution in [0.5, 0.6) is 11.5 Å². The summed E-state index contributed by atoms with van der Waals surface area (Å²) in [4.78, 5) is 15.2. The molecule has 1 saturated heterocycles. The number of Topliss-reactive ketones (excluding diaryl/α,β-unsaturated/α-hetero) is 1. The van der Waals surface area contributed by atoms with Crippen LogP contribution < -0.4 is 9.47 Å². The summed E-state index contributed by atoms with van der Waals surface area (Å²) in [5, 5.41) is 0. The maximum absolute atomic E-state index is 12.9. The van der Waals surface area contributed by atoms with Gasteiger partial charge in [-0.1, -0.05) is 19.8 Å². The van der Waals surface area contributed by atoms with E-state index in [1.54, 1.807) is 0 Å². The molecule has 0 amide bonds. The number of nitrogens with zero attached hydrogens (tertiary/aromatic N) is 1. The number of likely N-dealkylation sites (tertiary alicyclic amines) is 1. The molecule has 2 heterocycles. The molecule has 21 heavy (non-hydrogen) atoms. The number of unbranched alkanes of at least 4 members (excludes halogenated alkanes) is 1. The minimum Gasteiger partial charge on any atom is -0.454 e. The van der Waals surface area contributed by atoms with Gasteiger partial charge in [0.15, 0.2) is 17.3 Å². The van der Waals surface area contributed by atoms with E-state index in [1.165, 1.54) is 12.8 Å². The molecule has 0 bridgehead atoms. The third-order valence-corrected chi connectivity index (χ3v) is 4.37. The molecular formula is C17H23NO3. The zero-order valence-corrected chi connectivity index (χ0v) is 12.6. The Balaban J connectivity index is 1.79. The fourth-order valence-corrected chi connectivity index (χ4v) is 3.17. The first-order valence-corrected chi connectivity index (χ1v) is 7.97. The summed E-state index contributed by atoms with van der Waals surface area (Å²) in [5.41, 5.74) is 0.743. The molecule has 0 aromatic heterocycles. The number of carbonyl (C=O) groups is 1. The quantitative estimate of drug-likeness (QED) is 0.754. The molecule has 1 aromatic carbocycles. The summed E-state index contributed by atoms with van der Waals surface area (Å²) in [6.45, 7) is 4.51. The Morgan fingerprint density at radius 3 is 2.76 bits per heavy atom. The highest BCUT2D eigenvalue weighted by Gasteiger charge is 2.29. The summed E-state index contributed by atoms with van der Waals surface area (Å²) in [5.74, 6) is 1.65. The van der Waals surface area contributed by atoms with Gasteiger partial charge >= 0.3 is 0 Å². The number of fused-ring (bicyclic) bond motifs is 1. The summed E-state index contributed by atoms with van der Waals surface area (Å²) in [7, 11) is 0. The van der Waals surface area contributed by atoms with E-state index >= 15 is 0 Å². The highest BCUT2D eigenvalue weighted by Crippen LogP contribution is 2.33. The average molecular weight is 289 g/mol. The fraction of sp³-hybridized carbons (Fsp3) is 0.588. The van der Waals surface area contributed by atoms with Crippen molar-refractivity contribution in [2.45, 2.75) is 45.1 Å². The van der Waals surface area contributed by atoms with Gasteiger partial charge in [-0.2, -0.15) is 0 Å². The van der Waals surface area contributed by atoms with Crippen LogP contribution in [0.1, 0.15) is 49.4 Å². The van der Waals surface area contributed by atoms with Crippen LogP contribution in [-0.2, 0) is 0 Å². The molecular weight excluding hydrogens is 266 g/mol. The van der Waals surface area contributed by atoms with Gasteiger partial charge in [-0.15, -0.1) is 0 Å². The number of ether oxygens (including phenoxy) is 2. The number of hydrogen-bond acceptors (Lipinski definition) is 4. The lowest BCUT2D eigenvalue weighted by atomic mass is 9.98. The summed E-state index contributed by atoms with van der Waals surface area (Å²) < 4.78 is 10.7. The van der Waals surface area contributed by atoms with Gasteiger partial charge in [0.25, 0.3) is 0 Å². The molecule has 4 nitrogen and oxygen atoms in total. The van der Waals surface area contributed by atoms with Gasteiger partial charge in [0.05, 0.1) is 6.04 Å². The third kappa shape index (κ3) is 3.05. The van der Waals surface area contributed by atoms with E-state index in [0.29, 0.717) is 5.75 Å². The number of carbonyl (C=O) groups excluding carboxylic acids is 1. The van der Waals surface area contributed by atoms with Gasteiger partial charge in [0.1, 0.15) is 0 Å².